The molecule has 0 amide bonds. The smallest absolute Gasteiger partial charge is 0.339 e. The van der Waals surface area contributed by atoms with Crippen molar-refractivity contribution in [2.45, 2.75) is 63.1 Å². The van der Waals surface area contributed by atoms with E-state index >= 15 is 0 Å². The van der Waals surface area contributed by atoms with Crippen LogP contribution in [0.5, 0.6) is 5.75 Å². The molecule has 1 aliphatic heterocycles. The minimum atomic E-state index is -1.01. The summed E-state index contributed by atoms with van der Waals surface area (Å²) in [7, 11) is 1.82. The Hall–Kier alpha value is -5.42. The number of fused-ring (bicyclic) bond motifs is 1. The van der Waals surface area contributed by atoms with Gasteiger partial charge in [-0.2, -0.15) is 5.10 Å². The van der Waals surface area contributed by atoms with Crippen LogP contribution in [-0.4, -0.2) is 71.5 Å². The van der Waals surface area contributed by atoms with Crippen LogP contribution in [0.3, 0.4) is 0 Å². The van der Waals surface area contributed by atoms with Gasteiger partial charge in [0.2, 0.25) is 0 Å². The van der Waals surface area contributed by atoms with Crippen molar-refractivity contribution in [3.05, 3.63) is 113 Å². The van der Waals surface area contributed by atoms with Crippen LogP contribution in [0.4, 0.5) is 0 Å². The van der Waals surface area contributed by atoms with Gasteiger partial charge in [0, 0.05) is 56.6 Å². The molecule has 49 heavy (non-hydrogen) atoms. The van der Waals surface area contributed by atoms with E-state index < -0.39 is 12.0 Å². The maximum atomic E-state index is 13.1. The summed E-state index contributed by atoms with van der Waals surface area (Å²) in [5, 5.41) is 22.9. The minimum absolute atomic E-state index is 0.00285. The highest BCUT2D eigenvalue weighted by atomic mass is 16.5. The normalized spacial score (nSPS) is 21.1. The number of nitrogens with zero attached hydrogens (tertiary/aromatic N) is 6. The monoisotopic (exact) mass is 658 g/mol. The summed E-state index contributed by atoms with van der Waals surface area (Å²) in [6, 6.07) is 23.1. The Morgan fingerprint density at radius 2 is 1.84 bits per heavy atom. The fourth-order valence-corrected chi connectivity index (χ4v) is 6.90. The Kier molecular flexibility index (Phi) is 8.92. The number of aromatic nitrogens is 5. The Morgan fingerprint density at radius 1 is 1.04 bits per heavy atom. The highest BCUT2D eigenvalue weighted by Crippen LogP contribution is 2.55. The second-order valence-electron chi connectivity index (χ2n) is 13.0. The fourth-order valence-electron chi connectivity index (χ4n) is 6.90. The van der Waals surface area contributed by atoms with Gasteiger partial charge < -0.3 is 14.6 Å². The maximum Gasteiger partial charge on any atom is 0.339 e. The van der Waals surface area contributed by atoms with E-state index in [4.69, 9.17) is 4.74 Å². The van der Waals surface area contributed by atoms with Gasteiger partial charge in [-0.05, 0) is 53.8 Å². The van der Waals surface area contributed by atoms with Crippen molar-refractivity contribution in [1.29, 1.82) is 0 Å². The number of carboxylic acid groups (broad SMARTS) is 1. The predicted octanol–water partition coefficient (Wildman–Crippen LogP) is 5.38. The number of aldehydes is 1. The molecule has 1 fully saturated rings. The van der Waals surface area contributed by atoms with Gasteiger partial charge in [0.1, 0.15) is 29.5 Å². The number of carbonyl (C=O) groups excluding carboxylic acids is 2. The average Bonchev–Trinajstić information content (AvgIpc) is 3.55. The summed E-state index contributed by atoms with van der Waals surface area (Å²) in [6.45, 7) is 3.02. The Bertz CT molecular complexity index is 2020. The molecule has 4 atom stereocenters. The summed E-state index contributed by atoms with van der Waals surface area (Å²) < 4.78 is 9.79. The van der Waals surface area contributed by atoms with E-state index in [1.807, 2.05) is 80.0 Å². The van der Waals surface area contributed by atoms with E-state index in [2.05, 4.69) is 33.3 Å². The SMILES string of the molecule is CC[C@@H]1CN(Cc2cccc(-c3cccc(-n4ncc(C(=O)O)c4[C@@H]4C[C@H]4c4cn(C)nn4)c3)c2)C(C=O)CC(=O)Cc2ccccc2O1. The zero-order valence-corrected chi connectivity index (χ0v) is 27.5. The summed E-state index contributed by atoms with van der Waals surface area (Å²) in [6.07, 6.45) is 5.90. The molecule has 3 heterocycles. The predicted molar refractivity (Wildman–Crippen MR) is 182 cm³/mol. The summed E-state index contributed by atoms with van der Waals surface area (Å²) in [5.41, 5.74) is 6.19. The molecule has 3 aromatic carbocycles. The molecule has 0 bridgehead atoms. The quantitative estimate of drug-likeness (QED) is 0.207. The van der Waals surface area contributed by atoms with Crippen molar-refractivity contribution >= 4 is 18.0 Å². The number of hydrogen-bond donors (Lipinski definition) is 1. The van der Waals surface area contributed by atoms with Gasteiger partial charge in [0.25, 0.3) is 0 Å². The maximum absolute atomic E-state index is 13.1. The Labute approximate surface area is 284 Å². The summed E-state index contributed by atoms with van der Waals surface area (Å²) in [4.78, 5) is 39.8. The zero-order valence-electron chi connectivity index (χ0n) is 27.5. The summed E-state index contributed by atoms with van der Waals surface area (Å²) in [5.74, 6) is -0.254. The molecule has 2 aromatic heterocycles. The molecule has 0 spiro atoms. The standard InChI is InChI=1S/C38H38N6O5/c1-3-31-21-43(29(23-45)17-30(46)16-27-9-4-5-13-36(27)49-31)20-24-8-6-10-25(14-24)26-11-7-12-28(15-26)44-37(34(19-39-44)38(47)48)33-18-32(33)35-22-42(2)41-40-35/h4-15,19,22-23,29,31-33H,3,16-18,20-21H2,1-2H3,(H,47,48)/t29?,31-,32-,33-/m1/s1. The molecule has 1 saturated carbocycles. The largest absolute Gasteiger partial charge is 0.489 e. The number of aryl methyl sites for hydroxylation is 1. The lowest BCUT2D eigenvalue weighted by atomic mass is 9.99. The van der Waals surface area contributed by atoms with Crippen LogP contribution < -0.4 is 4.74 Å². The molecule has 2 aliphatic rings. The molecule has 0 saturated heterocycles. The number of carbonyl (C=O) groups is 3. The number of ketones is 1. The van der Waals surface area contributed by atoms with Crippen LogP contribution in [0, 0.1) is 0 Å². The van der Waals surface area contributed by atoms with Crippen molar-refractivity contribution in [2.24, 2.45) is 7.05 Å². The fraction of sp³-hybridized carbons (Fsp3) is 0.316. The van der Waals surface area contributed by atoms with Crippen molar-refractivity contribution in [3.8, 4) is 22.6 Å². The topological polar surface area (TPSA) is 132 Å². The molecular weight excluding hydrogens is 620 g/mol. The van der Waals surface area contributed by atoms with Gasteiger partial charge in [-0.25, -0.2) is 9.48 Å². The number of ether oxygens (including phenoxy) is 1. The molecule has 5 aromatic rings. The third-order valence-corrected chi connectivity index (χ3v) is 9.53. The van der Waals surface area contributed by atoms with Crippen molar-refractivity contribution < 1.29 is 24.2 Å². The average molecular weight is 659 g/mol. The van der Waals surface area contributed by atoms with Crippen LogP contribution in [0.25, 0.3) is 16.8 Å². The van der Waals surface area contributed by atoms with Crippen molar-refractivity contribution in [3.63, 3.8) is 0 Å². The minimum Gasteiger partial charge on any atom is -0.489 e. The molecule has 11 nitrogen and oxygen atoms in total. The number of para-hydroxylation sites is 1. The lowest BCUT2D eigenvalue weighted by Crippen LogP contribution is -2.44. The molecule has 1 unspecified atom stereocenters. The van der Waals surface area contributed by atoms with Gasteiger partial charge in [-0.1, -0.05) is 60.7 Å². The van der Waals surface area contributed by atoms with Gasteiger partial charge >= 0.3 is 5.97 Å². The van der Waals surface area contributed by atoms with Crippen LogP contribution in [0.2, 0.25) is 0 Å². The third-order valence-electron chi connectivity index (χ3n) is 9.53. The lowest BCUT2D eigenvalue weighted by Gasteiger charge is -2.33. The number of aromatic carboxylic acids is 1. The molecule has 0 radical (unpaired) electrons. The third kappa shape index (κ3) is 6.80. The van der Waals surface area contributed by atoms with Crippen LogP contribution >= 0.6 is 0 Å². The van der Waals surface area contributed by atoms with E-state index in [-0.39, 0.29) is 42.1 Å². The van der Waals surface area contributed by atoms with E-state index in [1.54, 1.807) is 9.36 Å². The molecule has 1 N–H and O–H groups in total. The van der Waals surface area contributed by atoms with E-state index in [0.717, 1.165) is 58.5 Å². The molecule has 1 aliphatic carbocycles. The molecule has 250 valence electrons. The van der Waals surface area contributed by atoms with Crippen LogP contribution in [0.15, 0.2) is 85.2 Å². The first-order chi connectivity index (χ1) is 23.8. The lowest BCUT2D eigenvalue weighted by molar-refractivity contribution is -0.124. The van der Waals surface area contributed by atoms with E-state index in [1.165, 1.54) is 6.20 Å². The second kappa shape index (κ2) is 13.6. The first-order valence-corrected chi connectivity index (χ1v) is 16.6. The van der Waals surface area contributed by atoms with Crippen LogP contribution in [-0.2, 0) is 29.6 Å². The van der Waals surface area contributed by atoms with Crippen molar-refractivity contribution in [1.82, 2.24) is 29.7 Å². The van der Waals surface area contributed by atoms with Crippen LogP contribution in [0.1, 0.15) is 70.9 Å². The summed E-state index contributed by atoms with van der Waals surface area (Å²) >= 11 is 0. The zero-order chi connectivity index (χ0) is 34.1. The first kappa shape index (κ1) is 32.1. The number of benzene rings is 3. The van der Waals surface area contributed by atoms with Gasteiger partial charge in [0.05, 0.1) is 29.3 Å². The van der Waals surface area contributed by atoms with E-state index in [9.17, 15) is 19.5 Å². The first-order valence-electron chi connectivity index (χ1n) is 16.6. The number of hydrogen-bond acceptors (Lipinski definition) is 8. The number of Topliss-reactive ketones (excluding diaryl/α,β-unsaturated/α-hetero) is 1. The molecular formula is C38H38N6O5. The molecule has 11 heteroatoms. The van der Waals surface area contributed by atoms with Gasteiger partial charge in [-0.3, -0.25) is 14.4 Å². The van der Waals surface area contributed by atoms with Gasteiger partial charge in [-0.15, -0.1) is 5.10 Å². The Morgan fingerprint density at radius 3 is 2.59 bits per heavy atom. The molecule has 7 rings (SSSR count). The van der Waals surface area contributed by atoms with E-state index in [0.29, 0.717) is 18.8 Å². The van der Waals surface area contributed by atoms with Crippen molar-refractivity contribution in [2.75, 3.05) is 6.54 Å². The second-order valence-corrected chi connectivity index (χ2v) is 13.0. The number of rotatable bonds is 9. The number of carboxylic acids is 1. The highest BCUT2D eigenvalue weighted by Gasteiger charge is 2.46. The Balaban J connectivity index is 1.16. The highest BCUT2D eigenvalue weighted by molar-refractivity contribution is 5.89. The van der Waals surface area contributed by atoms with Gasteiger partial charge in [0.15, 0.2) is 0 Å².